The van der Waals surface area contributed by atoms with Crippen molar-refractivity contribution < 1.29 is 0 Å². The second-order valence-electron chi connectivity index (χ2n) is 3.76. The van der Waals surface area contributed by atoms with Crippen LogP contribution in [0.5, 0.6) is 0 Å². The molecule has 84 valence electrons. The SMILES string of the molecule is Cc1ccccc1CNCc1cc(Cl)cs1. The van der Waals surface area contributed by atoms with Gasteiger partial charge in [-0.05, 0) is 24.1 Å². The Morgan fingerprint density at radius 3 is 2.75 bits per heavy atom. The highest BCUT2D eigenvalue weighted by Gasteiger charge is 1.99. The van der Waals surface area contributed by atoms with Gasteiger partial charge in [-0.1, -0.05) is 35.9 Å². The lowest BCUT2D eigenvalue weighted by Gasteiger charge is -2.06. The summed E-state index contributed by atoms with van der Waals surface area (Å²) in [6.07, 6.45) is 0. The first-order valence-electron chi connectivity index (χ1n) is 5.24. The molecule has 1 nitrogen and oxygen atoms in total. The van der Waals surface area contributed by atoms with Crippen LogP contribution in [-0.4, -0.2) is 0 Å². The summed E-state index contributed by atoms with van der Waals surface area (Å²) >= 11 is 7.56. The van der Waals surface area contributed by atoms with Crippen molar-refractivity contribution in [2.45, 2.75) is 20.0 Å². The number of benzene rings is 1. The van der Waals surface area contributed by atoms with Gasteiger partial charge in [0.15, 0.2) is 0 Å². The van der Waals surface area contributed by atoms with Crippen molar-refractivity contribution in [3.8, 4) is 0 Å². The Kier molecular flexibility index (Phi) is 3.99. The van der Waals surface area contributed by atoms with Crippen LogP contribution in [-0.2, 0) is 13.1 Å². The van der Waals surface area contributed by atoms with Crippen molar-refractivity contribution in [1.82, 2.24) is 5.32 Å². The fourth-order valence-electron chi connectivity index (χ4n) is 1.58. The molecule has 0 saturated carbocycles. The largest absolute Gasteiger partial charge is 0.308 e. The summed E-state index contributed by atoms with van der Waals surface area (Å²) in [6.45, 7) is 3.92. The summed E-state index contributed by atoms with van der Waals surface area (Å²) in [7, 11) is 0. The van der Waals surface area contributed by atoms with Crippen molar-refractivity contribution in [2.75, 3.05) is 0 Å². The van der Waals surface area contributed by atoms with Gasteiger partial charge in [-0.15, -0.1) is 11.3 Å². The van der Waals surface area contributed by atoms with Crippen LogP contribution in [0, 0.1) is 6.92 Å². The molecule has 0 unspecified atom stereocenters. The molecule has 0 amide bonds. The number of rotatable bonds is 4. The Morgan fingerprint density at radius 2 is 2.06 bits per heavy atom. The quantitative estimate of drug-likeness (QED) is 0.866. The summed E-state index contributed by atoms with van der Waals surface area (Å²) in [4.78, 5) is 1.28. The summed E-state index contributed by atoms with van der Waals surface area (Å²) < 4.78 is 0. The second-order valence-corrected chi connectivity index (χ2v) is 5.19. The minimum Gasteiger partial charge on any atom is -0.308 e. The van der Waals surface area contributed by atoms with E-state index in [0.29, 0.717) is 0 Å². The molecule has 1 aromatic heterocycles. The summed E-state index contributed by atoms with van der Waals surface area (Å²) in [5.74, 6) is 0. The normalized spacial score (nSPS) is 10.6. The molecular weight excluding hydrogens is 238 g/mol. The average Bonchev–Trinajstić information content (AvgIpc) is 2.67. The van der Waals surface area contributed by atoms with E-state index in [1.54, 1.807) is 11.3 Å². The highest BCUT2D eigenvalue weighted by Crippen LogP contribution is 2.18. The van der Waals surface area contributed by atoms with E-state index in [1.165, 1.54) is 16.0 Å². The molecule has 2 rings (SSSR count). The van der Waals surface area contributed by atoms with Gasteiger partial charge in [0, 0.05) is 23.3 Å². The van der Waals surface area contributed by atoms with Crippen LogP contribution in [0.25, 0.3) is 0 Å². The molecule has 0 fully saturated rings. The molecule has 1 aromatic carbocycles. The zero-order chi connectivity index (χ0) is 11.4. The van der Waals surface area contributed by atoms with Gasteiger partial charge in [0.05, 0.1) is 5.02 Å². The maximum atomic E-state index is 5.86. The second kappa shape index (κ2) is 5.48. The van der Waals surface area contributed by atoms with E-state index < -0.39 is 0 Å². The van der Waals surface area contributed by atoms with Gasteiger partial charge in [-0.2, -0.15) is 0 Å². The van der Waals surface area contributed by atoms with Gasteiger partial charge in [0.1, 0.15) is 0 Å². The fourth-order valence-corrected chi connectivity index (χ4v) is 2.62. The number of thiophene rings is 1. The highest BCUT2D eigenvalue weighted by molar-refractivity contribution is 7.10. The maximum absolute atomic E-state index is 5.86. The predicted octanol–water partition coefficient (Wildman–Crippen LogP) is 4.00. The van der Waals surface area contributed by atoms with Crippen molar-refractivity contribution >= 4 is 22.9 Å². The first-order chi connectivity index (χ1) is 7.75. The molecule has 0 bridgehead atoms. The third-order valence-electron chi connectivity index (χ3n) is 2.50. The molecule has 0 saturated heterocycles. The van der Waals surface area contributed by atoms with Crippen LogP contribution in [0.15, 0.2) is 35.7 Å². The van der Waals surface area contributed by atoms with Crippen molar-refractivity contribution in [3.05, 3.63) is 56.7 Å². The number of nitrogens with one attached hydrogen (secondary N) is 1. The molecule has 0 aliphatic carbocycles. The first kappa shape index (κ1) is 11.6. The molecule has 3 heteroatoms. The Bertz CT molecular complexity index is 464. The van der Waals surface area contributed by atoms with Crippen molar-refractivity contribution in [1.29, 1.82) is 0 Å². The molecule has 16 heavy (non-hydrogen) atoms. The van der Waals surface area contributed by atoms with Crippen molar-refractivity contribution in [2.24, 2.45) is 0 Å². The monoisotopic (exact) mass is 251 g/mol. The molecule has 0 spiro atoms. The maximum Gasteiger partial charge on any atom is 0.0516 e. The molecule has 1 heterocycles. The molecule has 0 atom stereocenters. The van der Waals surface area contributed by atoms with E-state index in [0.717, 1.165) is 18.1 Å². The lowest BCUT2D eigenvalue weighted by atomic mass is 10.1. The van der Waals surface area contributed by atoms with E-state index >= 15 is 0 Å². The molecule has 0 radical (unpaired) electrons. The van der Waals surface area contributed by atoms with Crippen LogP contribution < -0.4 is 5.32 Å². The number of halogens is 1. The highest BCUT2D eigenvalue weighted by atomic mass is 35.5. The Morgan fingerprint density at radius 1 is 1.25 bits per heavy atom. The van der Waals surface area contributed by atoms with E-state index in [2.05, 4.69) is 36.5 Å². The van der Waals surface area contributed by atoms with Gasteiger partial charge in [-0.25, -0.2) is 0 Å². The zero-order valence-electron chi connectivity index (χ0n) is 9.16. The van der Waals surface area contributed by atoms with Crippen LogP contribution in [0.3, 0.4) is 0 Å². The molecule has 1 N–H and O–H groups in total. The van der Waals surface area contributed by atoms with Gasteiger partial charge in [-0.3, -0.25) is 0 Å². The van der Waals surface area contributed by atoms with Crippen LogP contribution in [0.4, 0.5) is 0 Å². The van der Waals surface area contributed by atoms with E-state index in [4.69, 9.17) is 11.6 Å². The van der Waals surface area contributed by atoms with Crippen LogP contribution in [0.2, 0.25) is 5.02 Å². The predicted molar refractivity (Wildman–Crippen MR) is 71.1 cm³/mol. The number of hydrogen-bond acceptors (Lipinski definition) is 2. The summed E-state index contributed by atoms with van der Waals surface area (Å²) in [5, 5.41) is 6.22. The van der Waals surface area contributed by atoms with E-state index in [1.807, 2.05) is 11.4 Å². The Hall–Kier alpha value is -0.830. The Balaban J connectivity index is 1.87. The lowest BCUT2D eigenvalue weighted by molar-refractivity contribution is 0.698. The zero-order valence-corrected chi connectivity index (χ0v) is 10.7. The molecule has 0 aliphatic rings. The molecule has 0 aliphatic heterocycles. The van der Waals surface area contributed by atoms with Crippen LogP contribution in [0.1, 0.15) is 16.0 Å². The Labute approximate surface area is 105 Å². The number of hydrogen-bond donors (Lipinski definition) is 1. The molecule has 2 aromatic rings. The minimum absolute atomic E-state index is 0.831. The average molecular weight is 252 g/mol. The third-order valence-corrected chi connectivity index (χ3v) is 3.78. The van der Waals surface area contributed by atoms with Gasteiger partial charge in [0.25, 0.3) is 0 Å². The topological polar surface area (TPSA) is 12.0 Å². The van der Waals surface area contributed by atoms with E-state index in [-0.39, 0.29) is 0 Å². The third kappa shape index (κ3) is 3.08. The van der Waals surface area contributed by atoms with Gasteiger partial charge >= 0.3 is 0 Å². The van der Waals surface area contributed by atoms with E-state index in [9.17, 15) is 0 Å². The fraction of sp³-hybridized carbons (Fsp3) is 0.231. The summed E-state index contributed by atoms with van der Waals surface area (Å²) in [5.41, 5.74) is 2.68. The van der Waals surface area contributed by atoms with Gasteiger partial charge < -0.3 is 5.32 Å². The molecular formula is C13H14ClNS. The minimum atomic E-state index is 0.831. The van der Waals surface area contributed by atoms with Crippen LogP contribution >= 0.6 is 22.9 Å². The summed E-state index contributed by atoms with van der Waals surface area (Å²) in [6, 6.07) is 10.4. The lowest BCUT2D eigenvalue weighted by Crippen LogP contribution is -2.12. The standard InChI is InChI=1S/C13H14ClNS/c1-10-4-2-3-5-11(10)7-15-8-13-6-12(14)9-16-13/h2-6,9,15H,7-8H2,1H3. The smallest absolute Gasteiger partial charge is 0.0516 e. The van der Waals surface area contributed by atoms with Gasteiger partial charge in [0.2, 0.25) is 0 Å². The van der Waals surface area contributed by atoms with Crippen molar-refractivity contribution in [3.63, 3.8) is 0 Å². The number of aryl methyl sites for hydroxylation is 1. The first-order valence-corrected chi connectivity index (χ1v) is 6.49.